The summed E-state index contributed by atoms with van der Waals surface area (Å²) in [5.41, 5.74) is 5.08. The van der Waals surface area contributed by atoms with Crippen molar-refractivity contribution in [1.29, 1.82) is 0 Å². The third-order valence-electron chi connectivity index (χ3n) is 8.42. The highest BCUT2D eigenvalue weighted by molar-refractivity contribution is 5.88. The second-order valence-corrected chi connectivity index (χ2v) is 12.4. The van der Waals surface area contributed by atoms with Crippen LogP contribution in [0.2, 0.25) is 0 Å². The van der Waals surface area contributed by atoms with E-state index in [4.69, 9.17) is 4.74 Å². The Morgan fingerprint density at radius 1 is 0.878 bits per heavy atom. The van der Waals surface area contributed by atoms with Crippen molar-refractivity contribution >= 4 is 17.9 Å². The highest BCUT2D eigenvalue weighted by atomic mass is 16.5. The summed E-state index contributed by atoms with van der Waals surface area (Å²) in [5.74, 6) is -1.34. The minimum absolute atomic E-state index is 0.0130. The maximum atomic E-state index is 14.1. The zero-order valence-corrected chi connectivity index (χ0v) is 27.4. The van der Waals surface area contributed by atoms with Crippen molar-refractivity contribution in [3.05, 3.63) is 155 Å². The van der Waals surface area contributed by atoms with E-state index in [0.717, 1.165) is 22.3 Å². The number of aliphatic hydroxyl groups is 2. The van der Waals surface area contributed by atoms with E-state index in [-0.39, 0.29) is 26.1 Å². The van der Waals surface area contributed by atoms with Gasteiger partial charge in [-0.2, -0.15) is 0 Å². The van der Waals surface area contributed by atoms with Crippen LogP contribution in [0.5, 0.6) is 0 Å². The Kier molecular flexibility index (Phi) is 11.6. The standard InChI is InChI=1S/C39H42N4O6/c1-27(2)34(41-38(47)49-25-30-18-10-5-11-19-30)36(45)42-43(24-29-16-8-4-9-17-29)26-39(48,23-28-14-6-3-7-15-28)37(46)40-35-32-21-13-12-20-31(32)22-33(35)44/h3-21,33-35,44,48H,1,22-26H2,2H3,(H,40,46)(H,41,47)(H,42,45)/t33-,34+,35?,39+/m1/s1. The molecule has 0 aromatic heterocycles. The van der Waals surface area contributed by atoms with Gasteiger partial charge in [0.25, 0.3) is 11.8 Å². The fourth-order valence-electron chi connectivity index (χ4n) is 5.94. The first kappa shape index (κ1) is 35.0. The molecule has 0 bridgehead atoms. The molecule has 0 heterocycles. The van der Waals surface area contributed by atoms with E-state index in [1.54, 1.807) is 19.1 Å². The van der Waals surface area contributed by atoms with Crippen LogP contribution in [-0.4, -0.2) is 57.4 Å². The van der Waals surface area contributed by atoms with Gasteiger partial charge in [0.2, 0.25) is 0 Å². The fourth-order valence-corrected chi connectivity index (χ4v) is 5.94. The Morgan fingerprint density at radius 2 is 1.45 bits per heavy atom. The molecule has 4 atom stereocenters. The molecule has 3 amide bonds. The van der Waals surface area contributed by atoms with Gasteiger partial charge < -0.3 is 25.6 Å². The number of aliphatic hydroxyl groups excluding tert-OH is 1. The minimum Gasteiger partial charge on any atom is -0.445 e. The van der Waals surface area contributed by atoms with Gasteiger partial charge in [0.15, 0.2) is 5.60 Å². The molecule has 1 aliphatic rings. The van der Waals surface area contributed by atoms with Crippen molar-refractivity contribution in [3.63, 3.8) is 0 Å². The average molecular weight is 663 g/mol. The quantitative estimate of drug-likeness (QED) is 0.101. The maximum Gasteiger partial charge on any atom is 0.408 e. The lowest BCUT2D eigenvalue weighted by Crippen LogP contribution is -2.61. The number of alkyl carbamates (subject to hydrolysis) is 1. The summed E-state index contributed by atoms with van der Waals surface area (Å²) in [5, 5.41) is 30.1. The molecule has 5 rings (SSSR count). The van der Waals surface area contributed by atoms with Crippen molar-refractivity contribution in [2.24, 2.45) is 0 Å². The molecule has 4 aromatic rings. The number of fused-ring (bicyclic) bond motifs is 1. The van der Waals surface area contributed by atoms with Crippen molar-refractivity contribution in [2.45, 2.75) is 56.7 Å². The molecular formula is C39H42N4O6. The predicted octanol–water partition coefficient (Wildman–Crippen LogP) is 4.14. The Bertz CT molecular complexity index is 1740. The number of hydrazine groups is 1. The van der Waals surface area contributed by atoms with Gasteiger partial charge >= 0.3 is 6.09 Å². The zero-order chi connectivity index (χ0) is 34.8. The average Bonchev–Trinajstić information content (AvgIpc) is 3.41. The molecular weight excluding hydrogens is 620 g/mol. The number of hydrogen-bond donors (Lipinski definition) is 5. The molecule has 0 spiro atoms. The summed E-state index contributed by atoms with van der Waals surface area (Å²) < 4.78 is 5.34. The first-order chi connectivity index (χ1) is 23.6. The number of nitrogens with zero attached hydrogens (tertiary/aromatic N) is 1. The summed E-state index contributed by atoms with van der Waals surface area (Å²) in [6.45, 7) is 5.30. The lowest BCUT2D eigenvalue weighted by atomic mass is 9.92. The van der Waals surface area contributed by atoms with Crippen LogP contribution in [0.25, 0.3) is 0 Å². The number of benzene rings is 4. The van der Waals surface area contributed by atoms with Gasteiger partial charge in [0, 0.05) is 19.4 Å². The van der Waals surface area contributed by atoms with Crippen LogP contribution in [0, 0.1) is 0 Å². The second-order valence-electron chi connectivity index (χ2n) is 12.4. The van der Waals surface area contributed by atoms with Gasteiger partial charge in [-0.3, -0.25) is 15.0 Å². The molecule has 0 aliphatic heterocycles. The minimum atomic E-state index is -2.07. The SMILES string of the molecule is C=C(C)[C@H](NC(=O)OCc1ccccc1)C(=O)NN(Cc1ccccc1)C[C@@](O)(Cc1ccccc1)C(=O)NC1c2ccccc2C[C@H]1O. The fraction of sp³-hybridized carbons (Fsp3) is 0.256. The predicted molar refractivity (Wildman–Crippen MR) is 185 cm³/mol. The smallest absolute Gasteiger partial charge is 0.408 e. The van der Waals surface area contributed by atoms with Gasteiger partial charge in [-0.15, -0.1) is 0 Å². The van der Waals surface area contributed by atoms with Crippen LogP contribution >= 0.6 is 0 Å². The summed E-state index contributed by atoms with van der Waals surface area (Å²) >= 11 is 0. The highest BCUT2D eigenvalue weighted by Crippen LogP contribution is 2.32. The van der Waals surface area contributed by atoms with E-state index in [0.29, 0.717) is 17.6 Å². The van der Waals surface area contributed by atoms with Crippen LogP contribution in [0.15, 0.2) is 127 Å². The summed E-state index contributed by atoms with van der Waals surface area (Å²) in [6, 6.07) is 33.1. The first-order valence-electron chi connectivity index (χ1n) is 16.2. The highest BCUT2D eigenvalue weighted by Gasteiger charge is 2.42. The molecule has 254 valence electrons. The Morgan fingerprint density at radius 3 is 2.08 bits per heavy atom. The maximum absolute atomic E-state index is 14.1. The Hall–Kier alpha value is -5.29. The van der Waals surface area contributed by atoms with E-state index < -0.39 is 41.7 Å². The molecule has 1 unspecified atom stereocenters. The number of ether oxygens (including phenoxy) is 1. The number of nitrogens with one attached hydrogen (secondary N) is 3. The molecule has 10 nitrogen and oxygen atoms in total. The molecule has 5 N–H and O–H groups in total. The third-order valence-corrected chi connectivity index (χ3v) is 8.42. The largest absolute Gasteiger partial charge is 0.445 e. The molecule has 0 radical (unpaired) electrons. The lowest BCUT2D eigenvalue weighted by Gasteiger charge is -2.35. The Labute approximate surface area is 286 Å². The van der Waals surface area contributed by atoms with Crippen LogP contribution < -0.4 is 16.1 Å². The Balaban J connectivity index is 1.38. The summed E-state index contributed by atoms with van der Waals surface area (Å²) in [7, 11) is 0. The van der Waals surface area contributed by atoms with Crippen molar-refractivity contribution < 1.29 is 29.3 Å². The normalized spacial score (nSPS) is 16.9. The molecule has 0 saturated heterocycles. The van der Waals surface area contributed by atoms with Gasteiger partial charge in [0.1, 0.15) is 12.6 Å². The summed E-state index contributed by atoms with van der Waals surface area (Å²) in [4.78, 5) is 40.6. The van der Waals surface area contributed by atoms with Gasteiger partial charge in [-0.25, -0.2) is 9.80 Å². The monoisotopic (exact) mass is 662 g/mol. The first-order valence-corrected chi connectivity index (χ1v) is 16.2. The van der Waals surface area contributed by atoms with Crippen LogP contribution in [0.3, 0.4) is 0 Å². The third kappa shape index (κ3) is 9.41. The molecule has 0 fully saturated rings. The van der Waals surface area contributed by atoms with Crippen molar-refractivity contribution in [2.75, 3.05) is 6.54 Å². The topological polar surface area (TPSA) is 140 Å². The number of carbonyl (C=O) groups is 3. The second kappa shape index (κ2) is 16.2. The molecule has 0 saturated carbocycles. The van der Waals surface area contributed by atoms with Crippen molar-refractivity contribution in [3.8, 4) is 0 Å². The van der Waals surface area contributed by atoms with Gasteiger partial charge in [0.05, 0.1) is 18.7 Å². The lowest BCUT2D eigenvalue weighted by molar-refractivity contribution is -0.147. The van der Waals surface area contributed by atoms with E-state index in [2.05, 4.69) is 22.6 Å². The molecule has 10 heteroatoms. The molecule has 49 heavy (non-hydrogen) atoms. The van der Waals surface area contributed by atoms with Gasteiger partial charge in [-0.1, -0.05) is 122 Å². The van der Waals surface area contributed by atoms with E-state index in [1.165, 1.54) is 5.01 Å². The number of amides is 3. The van der Waals surface area contributed by atoms with Crippen LogP contribution in [0.1, 0.15) is 40.8 Å². The number of rotatable bonds is 14. The van der Waals surface area contributed by atoms with Gasteiger partial charge in [-0.05, 0) is 40.3 Å². The van der Waals surface area contributed by atoms with Crippen molar-refractivity contribution in [1.82, 2.24) is 21.1 Å². The van der Waals surface area contributed by atoms with E-state index in [9.17, 15) is 24.6 Å². The summed E-state index contributed by atoms with van der Waals surface area (Å²) in [6.07, 6.45) is -1.39. The van der Waals surface area contributed by atoms with Crippen LogP contribution in [0.4, 0.5) is 4.79 Å². The number of carbonyl (C=O) groups excluding carboxylic acids is 3. The molecule has 1 aliphatic carbocycles. The van der Waals surface area contributed by atoms with E-state index >= 15 is 0 Å². The van der Waals surface area contributed by atoms with E-state index in [1.807, 2.05) is 103 Å². The molecule has 4 aromatic carbocycles. The zero-order valence-electron chi connectivity index (χ0n) is 27.4. The number of hydrogen-bond acceptors (Lipinski definition) is 7. The van der Waals surface area contributed by atoms with Crippen LogP contribution in [-0.2, 0) is 40.3 Å².